The van der Waals surface area contributed by atoms with Crippen LogP contribution in [-0.2, 0) is 20.7 Å². The molecule has 31 heavy (non-hydrogen) atoms. The highest BCUT2D eigenvalue weighted by Crippen LogP contribution is 2.36. The fraction of sp³-hybridized carbons (Fsp3) is 0.364. The quantitative estimate of drug-likeness (QED) is 0.672. The summed E-state index contributed by atoms with van der Waals surface area (Å²) in [5.74, 6) is 0.203. The maximum Gasteiger partial charge on any atom is 0.414 e. The van der Waals surface area contributed by atoms with Gasteiger partial charge in [0.1, 0.15) is 0 Å². The Bertz CT molecular complexity index is 1200. The van der Waals surface area contributed by atoms with Crippen molar-refractivity contribution in [3.63, 3.8) is 0 Å². The summed E-state index contributed by atoms with van der Waals surface area (Å²) >= 11 is 1.47. The largest absolute Gasteiger partial charge is 0.441 e. The topological polar surface area (TPSA) is 93.7 Å². The number of rotatable bonds is 4. The minimum Gasteiger partial charge on any atom is -0.441 e. The van der Waals surface area contributed by atoms with E-state index in [0.717, 1.165) is 45.6 Å². The molecule has 2 aromatic heterocycles. The summed E-state index contributed by atoms with van der Waals surface area (Å²) in [4.78, 5) is 35.3. The molecule has 0 atom stereocenters. The molecule has 2 aliphatic heterocycles. The normalized spacial score (nSPS) is 18.0. The fourth-order valence-electron chi connectivity index (χ4n) is 3.79. The van der Waals surface area contributed by atoms with E-state index in [2.05, 4.69) is 15.3 Å². The Labute approximate surface area is 182 Å². The molecule has 0 unspecified atom stereocenters. The molecule has 8 nitrogen and oxygen atoms in total. The zero-order valence-corrected chi connectivity index (χ0v) is 17.5. The van der Waals surface area contributed by atoms with Crippen LogP contribution in [0.2, 0.25) is 0 Å². The van der Waals surface area contributed by atoms with Crippen molar-refractivity contribution in [2.75, 3.05) is 30.0 Å². The number of fused-ring (bicyclic) bond motifs is 2. The van der Waals surface area contributed by atoms with Gasteiger partial charge in [-0.2, -0.15) is 0 Å². The first-order chi connectivity index (χ1) is 15.1. The van der Waals surface area contributed by atoms with E-state index in [9.17, 15) is 9.59 Å². The van der Waals surface area contributed by atoms with Gasteiger partial charge in [0.25, 0.3) is 0 Å². The van der Waals surface area contributed by atoms with Crippen LogP contribution < -0.4 is 10.2 Å². The Morgan fingerprint density at radius 2 is 2.06 bits per heavy atom. The van der Waals surface area contributed by atoms with Crippen molar-refractivity contribution < 1.29 is 19.1 Å². The molecule has 3 aliphatic rings. The third kappa shape index (κ3) is 3.53. The van der Waals surface area contributed by atoms with Gasteiger partial charge in [-0.1, -0.05) is 17.4 Å². The second-order valence-corrected chi connectivity index (χ2v) is 9.13. The van der Waals surface area contributed by atoms with Gasteiger partial charge in [-0.15, -0.1) is 0 Å². The van der Waals surface area contributed by atoms with Crippen molar-refractivity contribution in [2.24, 2.45) is 5.92 Å². The fourth-order valence-corrected chi connectivity index (χ4v) is 4.70. The first kappa shape index (κ1) is 18.7. The van der Waals surface area contributed by atoms with Crippen LogP contribution in [0.15, 0.2) is 30.5 Å². The Morgan fingerprint density at radius 3 is 2.84 bits per heavy atom. The molecule has 1 saturated carbocycles. The molecule has 6 rings (SSSR count). The highest BCUT2D eigenvalue weighted by Gasteiger charge is 2.32. The van der Waals surface area contributed by atoms with Gasteiger partial charge in [0.15, 0.2) is 11.2 Å². The van der Waals surface area contributed by atoms with Crippen LogP contribution in [0.1, 0.15) is 18.5 Å². The van der Waals surface area contributed by atoms with Gasteiger partial charge in [-0.3, -0.25) is 14.7 Å². The number of carbonyl (C=O) groups is 2. The van der Waals surface area contributed by atoms with Crippen LogP contribution in [-0.4, -0.2) is 47.8 Å². The molecule has 2 amide bonds. The number of benzene rings is 1. The van der Waals surface area contributed by atoms with E-state index in [1.165, 1.54) is 11.3 Å². The Hall–Kier alpha value is -3.04. The third-order valence-corrected chi connectivity index (χ3v) is 6.74. The molecule has 0 spiro atoms. The number of thiazole rings is 1. The first-order valence-electron chi connectivity index (χ1n) is 10.4. The molecule has 1 aromatic carbocycles. The average Bonchev–Trinajstić information content (AvgIpc) is 3.39. The number of ether oxygens (including phenoxy) is 2. The summed E-state index contributed by atoms with van der Waals surface area (Å²) in [7, 11) is 0. The maximum absolute atomic E-state index is 12.6. The summed E-state index contributed by atoms with van der Waals surface area (Å²) in [6.45, 7) is 1.49. The van der Waals surface area contributed by atoms with Crippen LogP contribution >= 0.6 is 11.3 Å². The Morgan fingerprint density at radius 1 is 1.19 bits per heavy atom. The highest BCUT2D eigenvalue weighted by molar-refractivity contribution is 7.22. The van der Waals surface area contributed by atoms with Crippen molar-refractivity contribution in [2.45, 2.75) is 25.4 Å². The van der Waals surface area contributed by atoms with Gasteiger partial charge in [0.2, 0.25) is 5.91 Å². The standard InChI is InChI=1S/C22H20N4O4S/c27-20(12-1-2-12)25-21-24-17-4-3-13(8-19(17)31-21)14-7-18-16(23-9-14)5-6-26(18)22(28)30-15-10-29-11-15/h3-4,7-9,12,15H,1-2,5-6,10-11H2,(H,24,25,27). The predicted octanol–water partition coefficient (Wildman–Crippen LogP) is 3.60. The number of pyridine rings is 1. The summed E-state index contributed by atoms with van der Waals surface area (Å²) < 4.78 is 11.6. The summed E-state index contributed by atoms with van der Waals surface area (Å²) in [5.41, 5.74) is 4.45. The average molecular weight is 436 g/mol. The van der Waals surface area contributed by atoms with Gasteiger partial charge < -0.3 is 14.8 Å². The molecule has 1 N–H and O–H groups in total. The van der Waals surface area contributed by atoms with Crippen molar-refractivity contribution in [1.82, 2.24) is 9.97 Å². The summed E-state index contributed by atoms with van der Waals surface area (Å²) in [6.07, 6.45) is 3.97. The van der Waals surface area contributed by atoms with Crippen molar-refractivity contribution >= 4 is 44.4 Å². The Kier molecular flexibility index (Phi) is 4.39. The second-order valence-electron chi connectivity index (χ2n) is 8.10. The van der Waals surface area contributed by atoms with Crippen LogP contribution in [0.5, 0.6) is 0 Å². The number of nitrogens with zero attached hydrogens (tertiary/aromatic N) is 3. The van der Waals surface area contributed by atoms with E-state index >= 15 is 0 Å². The zero-order chi connectivity index (χ0) is 20.9. The van der Waals surface area contributed by atoms with E-state index in [1.54, 1.807) is 4.90 Å². The van der Waals surface area contributed by atoms with Crippen LogP contribution in [0.4, 0.5) is 15.6 Å². The smallest absolute Gasteiger partial charge is 0.414 e. The monoisotopic (exact) mass is 436 g/mol. The molecule has 4 heterocycles. The van der Waals surface area contributed by atoms with Gasteiger partial charge >= 0.3 is 6.09 Å². The molecule has 0 bridgehead atoms. The molecule has 9 heteroatoms. The minimum atomic E-state index is -0.347. The number of carbonyl (C=O) groups excluding carboxylic acids is 2. The van der Waals surface area contributed by atoms with Gasteiger partial charge in [0.05, 0.1) is 34.8 Å². The lowest BCUT2D eigenvalue weighted by molar-refractivity contribution is -0.117. The number of anilines is 2. The lowest BCUT2D eigenvalue weighted by Gasteiger charge is -2.28. The second kappa shape index (κ2) is 7.28. The highest BCUT2D eigenvalue weighted by atomic mass is 32.1. The summed E-state index contributed by atoms with van der Waals surface area (Å²) in [6, 6.07) is 7.98. The SMILES string of the molecule is O=C(Nc1nc2ccc(-c3cnc4c(c3)N(C(=O)OC3COC3)CC4)cc2s1)C1CC1. The van der Waals surface area contributed by atoms with Crippen LogP contribution in [0.25, 0.3) is 21.3 Å². The van der Waals surface area contributed by atoms with E-state index < -0.39 is 0 Å². The summed E-state index contributed by atoms with van der Waals surface area (Å²) in [5, 5.41) is 3.55. The zero-order valence-electron chi connectivity index (χ0n) is 16.7. The van der Waals surface area contributed by atoms with Crippen molar-refractivity contribution in [1.29, 1.82) is 0 Å². The molecule has 158 valence electrons. The van der Waals surface area contributed by atoms with E-state index in [1.807, 2.05) is 30.5 Å². The molecular formula is C22H20N4O4S. The number of hydrogen-bond donors (Lipinski definition) is 1. The molecule has 3 aromatic rings. The molecular weight excluding hydrogens is 416 g/mol. The maximum atomic E-state index is 12.6. The molecule has 2 fully saturated rings. The lowest BCUT2D eigenvalue weighted by atomic mass is 10.1. The van der Waals surface area contributed by atoms with E-state index in [-0.39, 0.29) is 24.0 Å². The van der Waals surface area contributed by atoms with Crippen molar-refractivity contribution in [3.05, 3.63) is 36.2 Å². The predicted molar refractivity (Wildman–Crippen MR) is 116 cm³/mol. The van der Waals surface area contributed by atoms with Gasteiger partial charge in [-0.25, -0.2) is 9.78 Å². The van der Waals surface area contributed by atoms with Gasteiger partial charge in [0, 0.05) is 30.6 Å². The molecule has 1 saturated heterocycles. The first-order valence-corrected chi connectivity index (χ1v) is 11.2. The number of aromatic nitrogens is 2. The number of amides is 2. The van der Waals surface area contributed by atoms with E-state index in [4.69, 9.17) is 9.47 Å². The van der Waals surface area contributed by atoms with Crippen LogP contribution in [0.3, 0.4) is 0 Å². The number of nitrogens with one attached hydrogen (secondary N) is 1. The molecule has 1 aliphatic carbocycles. The molecule has 0 radical (unpaired) electrons. The van der Waals surface area contributed by atoms with E-state index in [0.29, 0.717) is 31.3 Å². The third-order valence-electron chi connectivity index (χ3n) is 5.81. The van der Waals surface area contributed by atoms with Gasteiger partial charge in [-0.05, 0) is 36.6 Å². The number of hydrogen-bond acceptors (Lipinski definition) is 7. The minimum absolute atomic E-state index is 0.0579. The van der Waals surface area contributed by atoms with Crippen LogP contribution in [0, 0.1) is 5.92 Å². The lowest BCUT2D eigenvalue weighted by Crippen LogP contribution is -2.42. The van der Waals surface area contributed by atoms with Crippen molar-refractivity contribution in [3.8, 4) is 11.1 Å². The Balaban J connectivity index is 1.26.